The van der Waals surface area contributed by atoms with Crippen LogP contribution in [0.2, 0.25) is 0 Å². The van der Waals surface area contributed by atoms with Crippen LogP contribution in [0.1, 0.15) is 85.0 Å². The summed E-state index contributed by atoms with van der Waals surface area (Å²) in [6, 6.07) is 1.52. The fourth-order valence-corrected chi connectivity index (χ4v) is 6.25. The van der Waals surface area contributed by atoms with Crippen molar-refractivity contribution in [3.05, 3.63) is 0 Å². The molecule has 0 aromatic carbocycles. The molecule has 0 radical (unpaired) electrons. The van der Waals surface area contributed by atoms with Gasteiger partial charge < -0.3 is 5.32 Å². The van der Waals surface area contributed by atoms with Gasteiger partial charge in [-0.05, 0) is 81.5 Å². The maximum atomic E-state index is 4.08. The first-order valence-electron chi connectivity index (χ1n) is 9.41. The second-order valence-electron chi connectivity index (χ2n) is 8.44. The van der Waals surface area contributed by atoms with E-state index < -0.39 is 0 Å². The summed E-state index contributed by atoms with van der Waals surface area (Å²) in [5.74, 6) is 3.25. The molecule has 116 valence electrons. The molecule has 20 heavy (non-hydrogen) atoms. The Morgan fingerprint density at radius 3 is 1.75 bits per heavy atom. The molecule has 1 N–H and O–H groups in total. The van der Waals surface area contributed by atoms with Gasteiger partial charge in [-0.25, -0.2) is 0 Å². The van der Waals surface area contributed by atoms with Crippen molar-refractivity contribution in [1.82, 2.24) is 5.32 Å². The highest BCUT2D eigenvalue weighted by Crippen LogP contribution is 2.61. The lowest BCUT2D eigenvalue weighted by molar-refractivity contribution is -0.0724. The summed E-state index contributed by atoms with van der Waals surface area (Å²) < 4.78 is 0. The van der Waals surface area contributed by atoms with Crippen molar-refractivity contribution >= 4 is 0 Å². The summed E-state index contributed by atoms with van der Waals surface area (Å²) >= 11 is 0. The van der Waals surface area contributed by atoms with Crippen molar-refractivity contribution in [2.45, 2.75) is 97.1 Å². The Balaban J connectivity index is 1.65. The molecule has 4 bridgehead atoms. The van der Waals surface area contributed by atoms with Crippen LogP contribution in [0.5, 0.6) is 0 Å². The Labute approximate surface area is 126 Å². The molecule has 0 aromatic rings. The Morgan fingerprint density at radius 2 is 1.35 bits per heavy atom. The Bertz CT molecular complexity index is 280. The number of rotatable bonds is 7. The normalized spacial score (nSPS) is 40.5. The maximum Gasteiger partial charge on any atom is 0.00980 e. The van der Waals surface area contributed by atoms with Crippen molar-refractivity contribution in [3.63, 3.8) is 0 Å². The topological polar surface area (TPSA) is 12.0 Å². The van der Waals surface area contributed by atoms with Gasteiger partial charge in [0.1, 0.15) is 0 Å². The second-order valence-corrected chi connectivity index (χ2v) is 8.44. The highest BCUT2D eigenvalue weighted by Gasteiger charge is 2.53. The predicted molar refractivity (Wildman–Crippen MR) is 86.8 cm³/mol. The third-order valence-corrected chi connectivity index (χ3v) is 6.76. The summed E-state index contributed by atoms with van der Waals surface area (Å²) in [5.41, 5.74) is 0.675. The first-order chi connectivity index (χ1) is 9.65. The van der Waals surface area contributed by atoms with E-state index in [4.69, 9.17) is 0 Å². The van der Waals surface area contributed by atoms with Gasteiger partial charge in [-0.1, -0.05) is 26.7 Å². The minimum atomic E-state index is 0.675. The maximum absolute atomic E-state index is 4.08. The highest BCUT2D eigenvalue weighted by molar-refractivity contribution is 5.05. The van der Waals surface area contributed by atoms with E-state index >= 15 is 0 Å². The first kappa shape index (κ1) is 14.9. The van der Waals surface area contributed by atoms with Gasteiger partial charge in [0.2, 0.25) is 0 Å². The van der Waals surface area contributed by atoms with Crippen LogP contribution in [0.3, 0.4) is 0 Å². The lowest BCUT2D eigenvalue weighted by Gasteiger charge is -2.59. The Morgan fingerprint density at radius 1 is 0.900 bits per heavy atom. The van der Waals surface area contributed by atoms with Gasteiger partial charge in [0, 0.05) is 12.1 Å². The fraction of sp³-hybridized carbons (Fsp3) is 1.00. The Hall–Kier alpha value is -0.0400. The minimum Gasteiger partial charge on any atom is -0.311 e. The standard InChI is InChI=1S/C19H35N/c1-4-6-18(7-5-2)20-14(3)19-11-15-8-16(12-19)10-17(9-15)13-19/h14-18,20H,4-13H2,1-3H3. The first-order valence-corrected chi connectivity index (χ1v) is 9.41. The van der Waals surface area contributed by atoms with Crippen LogP contribution in [0.15, 0.2) is 0 Å². The molecule has 4 aliphatic rings. The van der Waals surface area contributed by atoms with Crippen molar-refractivity contribution in [3.8, 4) is 0 Å². The number of nitrogens with one attached hydrogen (secondary N) is 1. The van der Waals surface area contributed by atoms with E-state index in [1.54, 1.807) is 38.5 Å². The van der Waals surface area contributed by atoms with E-state index in [0.29, 0.717) is 5.41 Å². The summed E-state index contributed by atoms with van der Waals surface area (Å²) in [5, 5.41) is 4.08. The van der Waals surface area contributed by atoms with Crippen molar-refractivity contribution in [1.29, 1.82) is 0 Å². The average Bonchev–Trinajstić information content (AvgIpc) is 2.37. The molecular formula is C19H35N. The third kappa shape index (κ3) is 2.80. The predicted octanol–water partition coefficient (Wildman–Crippen LogP) is 5.15. The molecule has 0 aromatic heterocycles. The van der Waals surface area contributed by atoms with E-state index in [1.807, 2.05) is 0 Å². The molecule has 4 fully saturated rings. The number of hydrogen-bond donors (Lipinski definition) is 1. The smallest absolute Gasteiger partial charge is 0.00980 e. The average molecular weight is 277 g/mol. The van der Waals surface area contributed by atoms with Gasteiger partial charge >= 0.3 is 0 Å². The van der Waals surface area contributed by atoms with Crippen LogP contribution < -0.4 is 5.32 Å². The summed E-state index contributed by atoms with van der Waals surface area (Å²) in [4.78, 5) is 0. The van der Waals surface area contributed by atoms with Crippen molar-refractivity contribution < 1.29 is 0 Å². The van der Waals surface area contributed by atoms with Crippen molar-refractivity contribution in [2.75, 3.05) is 0 Å². The minimum absolute atomic E-state index is 0.675. The summed E-state index contributed by atoms with van der Waals surface area (Å²) in [6.07, 6.45) is 14.7. The van der Waals surface area contributed by atoms with Gasteiger partial charge in [0.25, 0.3) is 0 Å². The summed E-state index contributed by atoms with van der Waals surface area (Å²) in [7, 11) is 0. The largest absolute Gasteiger partial charge is 0.311 e. The van der Waals surface area contributed by atoms with Crippen LogP contribution in [0.25, 0.3) is 0 Å². The molecule has 1 heteroatoms. The highest BCUT2D eigenvalue weighted by atomic mass is 15.0. The van der Waals surface area contributed by atoms with E-state index in [9.17, 15) is 0 Å². The summed E-state index contributed by atoms with van der Waals surface area (Å²) in [6.45, 7) is 7.19. The molecule has 1 unspecified atom stereocenters. The molecule has 4 rings (SSSR count). The molecule has 0 spiro atoms. The number of hydrogen-bond acceptors (Lipinski definition) is 1. The lowest BCUT2D eigenvalue weighted by Crippen LogP contribution is -2.56. The van der Waals surface area contributed by atoms with Gasteiger partial charge in [0.05, 0.1) is 0 Å². The van der Waals surface area contributed by atoms with E-state index in [-0.39, 0.29) is 0 Å². The SMILES string of the molecule is CCCC(CCC)NC(C)C12CC3CC(CC(C3)C1)C2. The molecule has 0 saturated heterocycles. The van der Waals surface area contributed by atoms with Crippen LogP contribution in [0, 0.1) is 23.2 Å². The van der Waals surface area contributed by atoms with Crippen LogP contribution in [-0.2, 0) is 0 Å². The molecule has 1 atom stereocenters. The zero-order valence-electron chi connectivity index (χ0n) is 14.0. The van der Waals surface area contributed by atoms with Gasteiger partial charge in [-0.3, -0.25) is 0 Å². The molecule has 0 aliphatic heterocycles. The molecule has 0 amide bonds. The molecule has 0 heterocycles. The quantitative estimate of drug-likeness (QED) is 0.678. The second kappa shape index (κ2) is 5.99. The zero-order chi connectivity index (χ0) is 14.2. The Kier molecular flexibility index (Phi) is 4.45. The lowest BCUT2D eigenvalue weighted by atomic mass is 9.48. The van der Waals surface area contributed by atoms with Gasteiger partial charge in [-0.2, -0.15) is 0 Å². The molecule has 4 aliphatic carbocycles. The molecule has 1 nitrogen and oxygen atoms in total. The third-order valence-electron chi connectivity index (χ3n) is 6.76. The van der Waals surface area contributed by atoms with E-state index in [0.717, 1.165) is 29.8 Å². The fourth-order valence-electron chi connectivity index (χ4n) is 6.25. The van der Waals surface area contributed by atoms with Crippen LogP contribution in [-0.4, -0.2) is 12.1 Å². The van der Waals surface area contributed by atoms with Gasteiger partial charge in [-0.15, -0.1) is 0 Å². The molecular weight excluding hydrogens is 242 g/mol. The van der Waals surface area contributed by atoms with Gasteiger partial charge in [0.15, 0.2) is 0 Å². The van der Waals surface area contributed by atoms with Crippen LogP contribution in [0.4, 0.5) is 0 Å². The zero-order valence-corrected chi connectivity index (χ0v) is 14.0. The monoisotopic (exact) mass is 277 g/mol. The molecule has 4 saturated carbocycles. The van der Waals surface area contributed by atoms with E-state index in [2.05, 4.69) is 26.1 Å². The van der Waals surface area contributed by atoms with E-state index in [1.165, 1.54) is 25.7 Å². The van der Waals surface area contributed by atoms with Crippen molar-refractivity contribution in [2.24, 2.45) is 23.2 Å². The van der Waals surface area contributed by atoms with Crippen LogP contribution >= 0.6 is 0 Å².